The van der Waals surface area contributed by atoms with E-state index in [1.54, 1.807) is 18.4 Å². The maximum atomic E-state index is 11.4. The fraction of sp³-hybridized carbons (Fsp3) is 0.500. The van der Waals surface area contributed by atoms with Crippen LogP contribution in [-0.4, -0.2) is 51.0 Å². The van der Waals surface area contributed by atoms with Gasteiger partial charge in [0.2, 0.25) is 10.0 Å². The quantitative estimate of drug-likeness (QED) is 0.254. The highest BCUT2D eigenvalue weighted by Gasteiger charge is 2.21. The number of piperidine rings is 1. The third-order valence-electron chi connectivity index (χ3n) is 5.52. The van der Waals surface area contributed by atoms with E-state index in [2.05, 4.69) is 29.4 Å². The second-order valence-corrected chi connectivity index (χ2v) is 9.72. The summed E-state index contributed by atoms with van der Waals surface area (Å²) in [4.78, 5) is 7.32. The molecular formula is C22H34IN5O3S. The van der Waals surface area contributed by atoms with Crippen LogP contribution in [0.3, 0.4) is 0 Å². The second-order valence-electron chi connectivity index (χ2n) is 8.16. The highest BCUT2D eigenvalue weighted by Crippen LogP contribution is 2.13. The Morgan fingerprint density at radius 3 is 2.47 bits per heavy atom. The summed E-state index contributed by atoms with van der Waals surface area (Å²) in [6.45, 7) is 7.75. The van der Waals surface area contributed by atoms with Crippen LogP contribution in [0.4, 0.5) is 0 Å². The SMILES string of the molecule is CC(C)N1CCC(NC(=NCc2ccc(S(N)(=O)=O)cc2)NCCc2ccco2)CC1.I. The molecule has 0 radical (unpaired) electrons. The summed E-state index contributed by atoms with van der Waals surface area (Å²) in [6, 6.07) is 11.3. The van der Waals surface area contributed by atoms with Crippen molar-refractivity contribution in [3.8, 4) is 0 Å². The number of primary sulfonamides is 1. The lowest BCUT2D eigenvalue weighted by Gasteiger charge is -2.35. The molecule has 1 aromatic carbocycles. The molecule has 0 unspecified atom stereocenters. The van der Waals surface area contributed by atoms with Crippen molar-refractivity contribution in [2.24, 2.45) is 10.1 Å². The molecule has 3 rings (SSSR count). The van der Waals surface area contributed by atoms with Crippen LogP contribution in [0.5, 0.6) is 0 Å². The van der Waals surface area contributed by atoms with E-state index < -0.39 is 10.0 Å². The molecule has 0 atom stereocenters. The van der Waals surface area contributed by atoms with Gasteiger partial charge in [-0.05, 0) is 56.5 Å². The molecule has 4 N–H and O–H groups in total. The zero-order chi connectivity index (χ0) is 22.3. The molecule has 1 saturated heterocycles. The van der Waals surface area contributed by atoms with Crippen molar-refractivity contribution in [1.29, 1.82) is 0 Å². The molecule has 0 saturated carbocycles. The molecule has 10 heteroatoms. The van der Waals surface area contributed by atoms with Crippen LogP contribution in [0.15, 0.2) is 57.0 Å². The van der Waals surface area contributed by atoms with Gasteiger partial charge in [-0.1, -0.05) is 12.1 Å². The summed E-state index contributed by atoms with van der Waals surface area (Å²) in [6.07, 6.45) is 4.58. The van der Waals surface area contributed by atoms with Crippen LogP contribution in [0.1, 0.15) is 38.0 Å². The summed E-state index contributed by atoms with van der Waals surface area (Å²) in [5.74, 6) is 1.68. The molecule has 0 bridgehead atoms. The zero-order valence-corrected chi connectivity index (χ0v) is 21.8. The Hall–Kier alpha value is -1.63. The van der Waals surface area contributed by atoms with E-state index in [9.17, 15) is 8.42 Å². The number of nitrogens with two attached hydrogens (primary N) is 1. The third-order valence-corrected chi connectivity index (χ3v) is 6.45. The average molecular weight is 576 g/mol. The summed E-state index contributed by atoms with van der Waals surface area (Å²) >= 11 is 0. The van der Waals surface area contributed by atoms with Gasteiger partial charge < -0.3 is 20.0 Å². The van der Waals surface area contributed by atoms with Gasteiger partial charge >= 0.3 is 0 Å². The number of benzene rings is 1. The summed E-state index contributed by atoms with van der Waals surface area (Å²) in [5.41, 5.74) is 0.911. The minimum absolute atomic E-state index is 0. The van der Waals surface area contributed by atoms with Crippen LogP contribution >= 0.6 is 24.0 Å². The first kappa shape index (κ1) is 26.6. The molecule has 32 heavy (non-hydrogen) atoms. The van der Waals surface area contributed by atoms with Crippen molar-refractivity contribution in [3.63, 3.8) is 0 Å². The lowest BCUT2D eigenvalue weighted by Crippen LogP contribution is -2.50. The molecule has 2 heterocycles. The summed E-state index contributed by atoms with van der Waals surface area (Å²) in [5, 5.41) is 12.1. The summed E-state index contributed by atoms with van der Waals surface area (Å²) < 4.78 is 28.3. The Kier molecular flexibility index (Phi) is 10.5. The minimum Gasteiger partial charge on any atom is -0.469 e. The van der Waals surface area contributed by atoms with E-state index in [-0.39, 0.29) is 28.9 Å². The van der Waals surface area contributed by atoms with E-state index in [4.69, 9.17) is 14.5 Å². The predicted molar refractivity (Wildman–Crippen MR) is 138 cm³/mol. The number of nitrogens with one attached hydrogen (secondary N) is 2. The lowest BCUT2D eigenvalue weighted by atomic mass is 10.0. The summed E-state index contributed by atoms with van der Waals surface area (Å²) in [7, 11) is -3.69. The Morgan fingerprint density at radius 1 is 1.22 bits per heavy atom. The average Bonchev–Trinajstić information content (AvgIpc) is 3.25. The standard InChI is InChI=1S/C22H33N5O3S.HI/c1-17(2)27-13-10-19(11-14-27)26-22(24-12-9-20-4-3-15-30-20)25-16-18-5-7-21(8-6-18)31(23,28)29;/h3-8,15,17,19H,9-14,16H2,1-2H3,(H2,23,28,29)(H2,24,25,26);1H. The number of hydrogen-bond acceptors (Lipinski definition) is 5. The highest BCUT2D eigenvalue weighted by atomic mass is 127. The normalized spacial score (nSPS) is 16.1. The highest BCUT2D eigenvalue weighted by molar-refractivity contribution is 14.0. The molecule has 1 fully saturated rings. The number of sulfonamides is 1. The Labute approximate surface area is 208 Å². The zero-order valence-electron chi connectivity index (χ0n) is 18.7. The number of halogens is 1. The molecule has 8 nitrogen and oxygen atoms in total. The van der Waals surface area contributed by atoms with Crippen LogP contribution in [0.2, 0.25) is 0 Å². The van der Waals surface area contributed by atoms with Gasteiger partial charge in [-0.25, -0.2) is 18.5 Å². The first-order chi connectivity index (χ1) is 14.8. The number of likely N-dealkylation sites (tertiary alicyclic amines) is 1. The number of aliphatic imine (C=N–C) groups is 1. The molecular weight excluding hydrogens is 541 g/mol. The first-order valence-electron chi connectivity index (χ1n) is 10.7. The smallest absolute Gasteiger partial charge is 0.238 e. The van der Waals surface area contributed by atoms with Gasteiger partial charge in [-0.3, -0.25) is 0 Å². The largest absolute Gasteiger partial charge is 0.469 e. The number of rotatable bonds is 8. The van der Waals surface area contributed by atoms with Gasteiger partial charge in [0.05, 0.1) is 17.7 Å². The molecule has 2 aromatic rings. The molecule has 0 aliphatic carbocycles. The van der Waals surface area contributed by atoms with Crippen molar-refractivity contribution >= 4 is 40.0 Å². The number of furan rings is 1. The number of nitrogens with zero attached hydrogens (tertiary/aromatic N) is 2. The molecule has 0 amide bonds. The van der Waals surface area contributed by atoms with Gasteiger partial charge in [0, 0.05) is 38.1 Å². The van der Waals surface area contributed by atoms with Crippen LogP contribution in [-0.2, 0) is 23.0 Å². The van der Waals surface area contributed by atoms with E-state index in [1.807, 2.05) is 12.1 Å². The fourth-order valence-corrected chi connectivity index (χ4v) is 4.14. The molecule has 0 spiro atoms. The Bertz CT molecular complexity index is 938. The lowest BCUT2D eigenvalue weighted by molar-refractivity contribution is 0.167. The van der Waals surface area contributed by atoms with Gasteiger partial charge in [-0.2, -0.15) is 0 Å². The van der Waals surface area contributed by atoms with Gasteiger partial charge in [-0.15, -0.1) is 24.0 Å². The predicted octanol–water partition coefficient (Wildman–Crippen LogP) is 2.70. The van der Waals surface area contributed by atoms with Gasteiger partial charge in [0.25, 0.3) is 0 Å². The van der Waals surface area contributed by atoms with Crippen LogP contribution in [0, 0.1) is 0 Å². The number of guanidine groups is 1. The Balaban J connectivity index is 0.00000363. The second kappa shape index (κ2) is 12.6. The first-order valence-corrected chi connectivity index (χ1v) is 12.3. The Morgan fingerprint density at radius 2 is 1.91 bits per heavy atom. The maximum absolute atomic E-state index is 11.4. The van der Waals surface area contributed by atoms with Crippen LogP contribution < -0.4 is 15.8 Å². The van der Waals surface area contributed by atoms with Gasteiger partial charge in [0.15, 0.2) is 5.96 Å². The van der Waals surface area contributed by atoms with E-state index in [1.165, 1.54) is 12.1 Å². The molecule has 1 aliphatic heterocycles. The number of hydrogen-bond donors (Lipinski definition) is 3. The van der Waals surface area contributed by atoms with Crippen molar-refractivity contribution in [2.45, 2.75) is 56.6 Å². The van der Waals surface area contributed by atoms with Crippen molar-refractivity contribution in [1.82, 2.24) is 15.5 Å². The maximum Gasteiger partial charge on any atom is 0.238 e. The van der Waals surface area contributed by atoms with Crippen molar-refractivity contribution in [2.75, 3.05) is 19.6 Å². The topological polar surface area (TPSA) is 113 Å². The van der Waals surface area contributed by atoms with Crippen molar-refractivity contribution < 1.29 is 12.8 Å². The van der Waals surface area contributed by atoms with Gasteiger partial charge in [0.1, 0.15) is 5.76 Å². The molecule has 178 valence electrons. The fourth-order valence-electron chi connectivity index (χ4n) is 3.62. The minimum atomic E-state index is -3.69. The third kappa shape index (κ3) is 8.38. The van der Waals surface area contributed by atoms with Crippen molar-refractivity contribution in [3.05, 3.63) is 54.0 Å². The van der Waals surface area contributed by atoms with E-state index >= 15 is 0 Å². The molecule has 1 aromatic heterocycles. The van der Waals surface area contributed by atoms with Crippen LogP contribution in [0.25, 0.3) is 0 Å². The monoisotopic (exact) mass is 575 g/mol. The van der Waals surface area contributed by atoms with E-state index in [0.717, 1.165) is 49.6 Å². The molecule has 1 aliphatic rings. The van der Waals surface area contributed by atoms with E-state index in [0.29, 0.717) is 25.2 Å².